The van der Waals surface area contributed by atoms with E-state index in [2.05, 4.69) is 0 Å². The third kappa shape index (κ3) is 3.43. The van der Waals surface area contributed by atoms with E-state index in [-0.39, 0.29) is 12.5 Å². The van der Waals surface area contributed by atoms with Crippen LogP contribution in [0.15, 0.2) is 30.5 Å². The first kappa shape index (κ1) is 17.2. The first-order valence-corrected chi connectivity index (χ1v) is 8.60. The second kappa shape index (κ2) is 7.09. The van der Waals surface area contributed by atoms with Crippen molar-refractivity contribution in [2.75, 3.05) is 27.2 Å². The quantitative estimate of drug-likeness (QED) is 0.630. The van der Waals surface area contributed by atoms with E-state index in [0.29, 0.717) is 10.9 Å². The average Bonchev–Trinajstić information content (AvgIpc) is 2.99. The number of piperidine rings is 1. The van der Waals surface area contributed by atoms with Crippen molar-refractivity contribution in [2.24, 2.45) is 0 Å². The molecule has 0 radical (unpaired) electrons. The van der Waals surface area contributed by atoms with Gasteiger partial charge in [-0.05, 0) is 25.3 Å². The number of amides is 2. The first-order chi connectivity index (χ1) is 12.0. The number of para-hydroxylation sites is 1. The Balaban J connectivity index is 1.92. The molecule has 0 unspecified atom stereocenters. The Bertz CT molecular complexity index is 816. The predicted octanol–water partition coefficient (Wildman–Crippen LogP) is 1.92. The summed E-state index contributed by atoms with van der Waals surface area (Å²) in [6.45, 7) is 1.77. The Morgan fingerprint density at radius 2 is 1.72 bits per heavy atom. The number of carbonyl (C=O) groups is 3. The molecule has 0 bridgehead atoms. The third-order valence-corrected chi connectivity index (χ3v) is 4.65. The number of likely N-dealkylation sites (N-methyl/N-ethyl adjacent to an activating group) is 1. The fourth-order valence-electron chi connectivity index (χ4n) is 3.27. The molecule has 1 aliphatic rings. The molecule has 2 heterocycles. The molecule has 25 heavy (non-hydrogen) atoms. The predicted molar refractivity (Wildman–Crippen MR) is 95.4 cm³/mol. The van der Waals surface area contributed by atoms with E-state index < -0.39 is 11.7 Å². The van der Waals surface area contributed by atoms with Crippen molar-refractivity contribution < 1.29 is 14.4 Å². The highest BCUT2D eigenvalue weighted by molar-refractivity contribution is 6.44. The van der Waals surface area contributed by atoms with Crippen molar-refractivity contribution in [3.63, 3.8) is 0 Å². The maximum atomic E-state index is 12.6. The molecule has 0 atom stereocenters. The number of hydrogen-bond donors (Lipinski definition) is 0. The maximum Gasteiger partial charge on any atom is 0.294 e. The van der Waals surface area contributed by atoms with E-state index in [1.165, 1.54) is 11.3 Å². The molecule has 1 aromatic heterocycles. The molecule has 2 amide bonds. The smallest absolute Gasteiger partial charge is 0.294 e. The summed E-state index contributed by atoms with van der Waals surface area (Å²) >= 11 is 0. The molecule has 0 saturated carbocycles. The van der Waals surface area contributed by atoms with Gasteiger partial charge in [0.05, 0.1) is 5.56 Å². The van der Waals surface area contributed by atoms with E-state index in [1.54, 1.807) is 24.9 Å². The van der Waals surface area contributed by atoms with Gasteiger partial charge in [0.1, 0.15) is 6.54 Å². The number of fused-ring (bicyclic) bond motifs is 1. The van der Waals surface area contributed by atoms with Gasteiger partial charge in [-0.25, -0.2) is 0 Å². The molecule has 0 aliphatic carbocycles. The summed E-state index contributed by atoms with van der Waals surface area (Å²) in [5.41, 5.74) is 1.14. The lowest BCUT2D eigenvalue weighted by Gasteiger charge is -2.27. The highest BCUT2D eigenvalue weighted by atomic mass is 16.2. The van der Waals surface area contributed by atoms with Gasteiger partial charge in [-0.15, -0.1) is 0 Å². The van der Waals surface area contributed by atoms with Crippen LogP contribution >= 0.6 is 0 Å². The van der Waals surface area contributed by atoms with Crippen LogP contribution in [-0.4, -0.2) is 59.1 Å². The SMILES string of the molecule is CN(C)C(=O)C(=O)c1cn(CC(=O)N2CCCCC2)c2ccccc12. The fraction of sp³-hybridized carbons (Fsp3) is 0.421. The molecule has 6 heteroatoms. The summed E-state index contributed by atoms with van der Waals surface area (Å²) in [5.74, 6) is -1.06. The van der Waals surface area contributed by atoms with Crippen molar-refractivity contribution in [1.82, 2.24) is 14.4 Å². The summed E-state index contributed by atoms with van der Waals surface area (Å²) in [4.78, 5) is 40.3. The number of ketones is 1. The summed E-state index contributed by atoms with van der Waals surface area (Å²) in [7, 11) is 3.11. The van der Waals surface area contributed by atoms with Gasteiger partial charge in [0, 0.05) is 44.3 Å². The van der Waals surface area contributed by atoms with Crippen LogP contribution < -0.4 is 0 Å². The van der Waals surface area contributed by atoms with E-state index in [9.17, 15) is 14.4 Å². The first-order valence-electron chi connectivity index (χ1n) is 8.60. The summed E-state index contributed by atoms with van der Waals surface area (Å²) in [6.07, 6.45) is 4.89. The standard InChI is InChI=1S/C19H23N3O3/c1-20(2)19(25)18(24)15-12-22(16-9-5-4-8-14(15)16)13-17(23)21-10-6-3-7-11-21/h4-5,8-9,12H,3,6-7,10-11,13H2,1-2H3. The number of nitrogens with zero attached hydrogens (tertiary/aromatic N) is 3. The van der Waals surface area contributed by atoms with Crippen LogP contribution in [0.1, 0.15) is 29.6 Å². The van der Waals surface area contributed by atoms with Gasteiger partial charge in [-0.1, -0.05) is 18.2 Å². The van der Waals surface area contributed by atoms with E-state index in [1.807, 2.05) is 29.2 Å². The van der Waals surface area contributed by atoms with Gasteiger partial charge < -0.3 is 14.4 Å². The second-order valence-corrected chi connectivity index (χ2v) is 6.66. The van der Waals surface area contributed by atoms with Gasteiger partial charge in [-0.2, -0.15) is 0 Å². The molecular weight excluding hydrogens is 318 g/mol. The van der Waals surface area contributed by atoms with Crippen molar-refractivity contribution in [1.29, 1.82) is 0 Å². The number of aromatic nitrogens is 1. The van der Waals surface area contributed by atoms with Crippen LogP contribution in [0.5, 0.6) is 0 Å². The molecule has 1 aliphatic heterocycles. The second-order valence-electron chi connectivity index (χ2n) is 6.66. The Hall–Kier alpha value is -2.63. The third-order valence-electron chi connectivity index (χ3n) is 4.65. The topological polar surface area (TPSA) is 62.6 Å². The minimum Gasteiger partial charge on any atom is -0.342 e. The van der Waals surface area contributed by atoms with Gasteiger partial charge in [0.25, 0.3) is 11.7 Å². The van der Waals surface area contributed by atoms with Crippen LogP contribution in [0.2, 0.25) is 0 Å². The Morgan fingerprint density at radius 3 is 2.40 bits per heavy atom. The minimum atomic E-state index is -0.565. The zero-order chi connectivity index (χ0) is 18.0. The van der Waals surface area contributed by atoms with E-state index in [4.69, 9.17) is 0 Å². The van der Waals surface area contributed by atoms with Crippen LogP contribution in [0.4, 0.5) is 0 Å². The van der Waals surface area contributed by atoms with Crippen molar-refractivity contribution >= 4 is 28.5 Å². The zero-order valence-corrected chi connectivity index (χ0v) is 14.7. The largest absolute Gasteiger partial charge is 0.342 e. The average molecular weight is 341 g/mol. The highest BCUT2D eigenvalue weighted by Crippen LogP contribution is 2.23. The molecule has 1 aromatic carbocycles. The molecular formula is C19H23N3O3. The number of benzene rings is 1. The van der Waals surface area contributed by atoms with E-state index in [0.717, 1.165) is 31.4 Å². The lowest BCUT2D eigenvalue weighted by Crippen LogP contribution is -2.37. The van der Waals surface area contributed by atoms with Crippen LogP contribution in [0, 0.1) is 0 Å². The molecule has 0 spiro atoms. The Labute approximate surface area is 147 Å². The molecule has 3 rings (SSSR count). The van der Waals surface area contributed by atoms with Crippen LogP contribution in [0.25, 0.3) is 10.9 Å². The lowest BCUT2D eigenvalue weighted by molar-refractivity contribution is -0.132. The summed E-state index contributed by atoms with van der Waals surface area (Å²) < 4.78 is 1.78. The molecule has 1 fully saturated rings. The number of rotatable bonds is 4. The van der Waals surface area contributed by atoms with Gasteiger partial charge in [0.15, 0.2) is 0 Å². The molecule has 132 valence electrons. The summed E-state index contributed by atoms with van der Waals surface area (Å²) in [6, 6.07) is 7.38. The van der Waals surface area contributed by atoms with Gasteiger partial charge in [-0.3, -0.25) is 14.4 Å². The Kier molecular flexibility index (Phi) is 4.88. The number of carbonyl (C=O) groups excluding carboxylic acids is 3. The monoisotopic (exact) mass is 341 g/mol. The van der Waals surface area contributed by atoms with Crippen molar-refractivity contribution in [3.05, 3.63) is 36.0 Å². The number of likely N-dealkylation sites (tertiary alicyclic amines) is 1. The fourth-order valence-corrected chi connectivity index (χ4v) is 3.27. The van der Waals surface area contributed by atoms with Crippen LogP contribution in [0.3, 0.4) is 0 Å². The molecule has 1 saturated heterocycles. The minimum absolute atomic E-state index is 0.0541. The zero-order valence-electron chi connectivity index (χ0n) is 14.7. The van der Waals surface area contributed by atoms with Gasteiger partial charge in [0.2, 0.25) is 5.91 Å². The number of Topliss-reactive ketones (excluding diaryl/α,β-unsaturated/α-hetero) is 1. The van der Waals surface area contributed by atoms with Crippen LogP contribution in [-0.2, 0) is 16.1 Å². The van der Waals surface area contributed by atoms with E-state index >= 15 is 0 Å². The normalized spacial score (nSPS) is 14.6. The van der Waals surface area contributed by atoms with Gasteiger partial charge >= 0.3 is 0 Å². The van der Waals surface area contributed by atoms with Crippen molar-refractivity contribution in [3.8, 4) is 0 Å². The maximum absolute atomic E-state index is 12.6. The number of hydrogen-bond acceptors (Lipinski definition) is 3. The lowest BCUT2D eigenvalue weighted by atomic mass is 10.1. The Morgan fingerprint density at radius 1 is 1.04 bits per heavy atom. The summed E-state index contributed by atoms with van der Waals surface area (Å²) in [5, 5.41) is 0.703. The highest BCUT2D eigenvalue weighted by Gasteiger charge is 2.24. The molecule has 0 N–H and O–H groups in total. The molecule has 2 aromatic rings. The molecule has 6 nitrogen and oxygen atoms in total. The van der Waals surface area contributed by atoms with Crippen molar-refractivity contribution in [2.45, 2.75) is 25.8 Å².